The maximum atomic E-state index is 6.29. The minimum Gasteiger partial charge on any atom is -0.490 e. The van der Waals surface area contributed by atoms with Gasteiger partial charge >= 0.3 is 0 Å². The van der Waals surface area contributed by atoms with Crippen LogP contribution in [0.3, 0.4) is 0 Å². The molecule has 1 aromatic carbocycles. The maximum Gasteiger partial charge on any atom is 0.124 e. The van der Waals surface area contributed by atoms with Gasteiger partial charge in [0.25, 0.3) is 0 Å². The molecule has 1 aliphatic rings. The summed E-state index contributed by atoms with van der Waals surface area (Å²) in [7, 11) is 2.00. The van der Waals surface area contributed by atoms with E-state index in [2.05, 4.69) is 44.3 Å². The van der Waals surface area contributed by atoms with Crippen LogP contribution in [0.4, 0.5) is 0 Å². The molecule has 2 rings (SSSR count). The van der Waals surface area contributed by atoms with Crippen molar-refractivity contribution in [3.8, 4) is 5.75 Å². The highest BCUT2D eigenvalue weighted by atomic mass is 16.5. The molecule has 1 fully saturated rings. The van der Waals surface area contributed by atoms with Gasteiger partial charge in [0.05, 0.1) is 6.10 Å². The number of hydrogen-bond acceptors (Lipinski definition) is 2. The Kier molecular flexibility index (Phi) is 4.87. The Bertz CT molecular complexity index is 416. The van der Waals surface area contributed by atoms with Crippen LogP contribution in [0.1, 0.15) is 56.7 Å². The normalized spacial score (nSPS) is 25.1. The number of rotatable bonds is 4. The average molecular weight is 261 g/mol. The van der Waals surface area contributed by atoms with Crippen LogP contribution in [0.5, 0.6) is 5.75 Å². The summed E-state index contributed by atoms with van der Waals surface area (Å²) in [6.07, 6.45) is 5.45. The highest BCUT2D eigenvalue weighted by Crippen LogP contribution is 2.31. The number of benzene rings is 1. The molecule has 0 heterocycles. The lowest BCUT2D eigenvalue weighted by molar-refractivity contribution is 0.127. The first kappa shape index (κ1) is 14.4. The number of ether oxygens (including phenoxy) is 1. The Morgan fingerprint density at radius 2 is 2.11 bits per heavy atom. The van der Waals surface area contributed by atoms with Crippen molar-refractivity contribution in [1.82, 2.24) is 5.32 Å². The SMILES string of the molecule is CNC(C)c1cc(C)ccc1OC1CCCC(C)C1. The lowest BCUT2D eigenvalue weighted by Gasteiger charge is -2.29. The summed E-state index contributed by atoms with van der Waals surface area (Å²) in [4.78, 5) is 0. The van der Waals surface area contributed by atoms with Gasteiger partial charge in [-0.2, -0.15) is 0 Å². The van der Waals surface area contributed by atoms with Crippen molar-refractivity contribution in [2.75, 3.05) is 7.05 Å². The van der Waals surface area contributed by atoms with Crippen LogP contribution < -0.4 is 10.1 Å². The van der Waals surface area contributed by atoms with Crippen LogP contribution in [0, 0.1) is 12.8 Å². The molecular weight excluding hydrogens is 234 g/mol. The van der Waals surface area contributed by atoms with E-state index >= 15 is 0 Å². The zero-order valence-corrected chi connectivity index (χ0v) is 12.7. The van der Waals surface area contributed by atoms with Crippen LogP contribution in [-0.2, 0) is 0 Å². The lowest BCUT2D eigenvalue weighted by Crippen LogP contribution is -2.25. The molecule has 1 N–H and O–H groups in total. The molecule has 0 amide bonds. The number of hydrogen-bond donors (Lipinski definition) is 1. The molecule has 0 radical (unpaired) electrons. The standard InChI is InChI=1S/C17H27NO/c1-12-6-5-7-15(10-12)19-17-9-8-13(2)11-16(17)14(3)18-4/h8-9,11-12,14-15,18H,5-7,10H2,1-4H3. The van der Waals surface area contributed by atoms with Crippen LogP contribution in [0.15, 0.2) is 18.2 Å². The molecule has 0 saturated heterocycles. The van der Waals surface area contributed by atoms with E-state index in [1.54, 1.807) is 0 Å². The van der Waals surface area contributed by atoms with Crippen molar-refractivity contribution >= 4 is 0 Å². The molecule has 0 bridgehead atoms. The molecule has 2 heteroatoms. The van der Waals surface area contributed by atoms with Gasteiger partial charge in [0.2, 0.25) is 0 Å². The second-order valence-corrected chi connectivity index (χ2v) is 6.06. The second kappa shape index (κ2) is 6.42. The molecule has 19 heavy (non-hydrogen) atoms. The first-order valence-electron chi connectivity index (χ1n) is 7.54. The smallest absolute Gasteiger partial charge is 0.124 e. The van der Waals surface area contributed by atoms with Gasteiger partial charge in [-0.1, -0.05) is 31.0 Å². The molecule has 3 atom stereocenters. The summed E-state index contributed by atoms with van der Waals surface area (Å²) in [6, 6.07) is 6.85. The summed E-state index contributed by atoms with van der Waals surface area (Å²) >= 11 is 0. The highest BCUT2D eigenvalue weighted by Gasteiger charge is 2.21. The van der Waals surface area contributed by atoms with E-state index < -0.39 is 0 Å². The van der Waals surface area contributed by atoms with E-state index in [0.717, 1.165) is 11.7 Å². The van der Waals surface area contributed by atoms with Crippen molar-refractivity contribution in [3.63, 3.8) is 0 Å². The van der Waals surface area contributed by atoms with Crippen molar-refractivity contribution < 1.29 is 4.74 Å². The van der Waals surface area contributed by atoms with Gasteiger partial charge in [-0.15, -0.1) is 0 Å². The predicted molar refractivity (Wildman–Crippen MR) is 80.7 cm³/mol. The number of aryl methyl sites for hydroxylation is 1. The lowest BCUT2D eigenvalue weighted by atomic mass is 9.88. The maximum absolute atomic E-state index is 6.29. The minimum atomic E-state index is 0.330. The average Bonchev–Trinajstić information content (AvgIpc) is 2.40. The van der Waals surface area contributed by atoms with Crippen LogP contribution in [0.25, 0.3) is 0 Å². The van der Waals surface area contributed by atoms with E-state index in [-0.39, 0.29) is 0 Å². The summed E-state index contributed by atoms with van der Waals surface area (Å²) in [5.74, 6) is 1.86. The van der Waals surface area contributed by atoms with E-state index in [4.69, 9.17) is 4.74 Å². The van der Waals surface area contributed by atoms with Crippen molar-refractivity contribution in [2.24, 2.45) is 5.92 Å². The quantitative estimate of drug-likeness (QED) is 0.875. The Morgan fingerprint density at radius 3 is 2.79 bits per heavy atom. The van der Waals surface area contributed by atoms with Gasteiger partial charge in [0, 0.05) is 11.6 Å². The highest BCUT2D eigenvalue weighted by molar-refractivity contribution is 5.39. The third kappa shape index (κ3) is 3.73. The van der Waals surface area contributed by atoms with Gasteiger partial charge in [-0.3, -0.25) is 0 Å². The first-order chi connectivity index (χ1) is 9.10. The monoisotopic (exact) mass is 261 g/mol. The zero-order chi connectivity index (χ0) is 13.8. The summed E-state index contributed by atoms with van der Waals surface area (Å²) < 4.78 is 6.29. The third-order valence-corrected chi connectivity index (χ3v) is 4.25. The Hall–Kier alpha value is -1.02. The summed E-state index contributed by atoms with van der Waals surface area (Å²) in [6.45, 7) is 6.66. The third-order valence-electron chi connectivity index (χ3n) is 4.25. The molecule has 2 nitrogen and oxygen atoms in total. The van der Waals surface area contributed by atoms with Crippen molar-refractivity contribution in [3.05, 3.63) is 29.3 Å². The molecule has 0 aliphatic heterocycles. The predicted octanol–water partition coefficient (Wildman–Crippen LogP) is 4.23. The van der Waals surface area contributed by atoms with Crippen LogP contribution >= 0.6 is 0 Å². The molecule has 1 aromatic rings. The molecule has 1 aliphatic carbocycles. The van der Waals surface area contributed by atoms with Gasteiger partial charge < -0.3 is 10.1 Å². The van der Waals surface area contributed by atoms with Gasteiger partial charge in [0.1, 0.15) is 5.75 Å². The molecule has 3 unspecified atom stereocenters. The van der Waals surface area contributed by atoms with Crippen molar-refractivity contribution in [2.45, 2.75) is 58.6 Å². The minimum absolute atomic E-state index is 0.330. The second-order valence-electron chi connectivity index (χ2n) is 6.06. The zero-order valence-electron chi connectivity index (χ0n) is 12.7. The van der Waals surface area contributed by atoms with Gasteiger partial charge in [-0.05, 0) is 52.1 Å². The van der Waals surface area contributed by atoms with Gasteiger partial charge in [0.15, 0.2) is 0 Å². The fourth-order valence-electron chi connectivity index (χ4n) is 2.93. The van der Waals surface area contributed by atoms with E-state index in [1.165, 1.54) is 36.8 Å². The van der Waals surface area contributed by atoms with Crippen LogP contribution in [-0.4, -0.2) is 13.2 Å². The van der Waals surface area contributed by atoms with E-state index in [9.17, 15) is 0 Å². The fraction of sp³-hybridized carbons (Fsp3) is 0.647. The Balaban J connectivity index is 2.14. The largest absolute Gasteiger partial charge is 0.490 e. The Labute approximate surface area is 117 Å². The Morgan fingerprint density at radius 1 is 1.32 bits per heavy atom. The molecular formula is C17H27NO. The topological polar surface area (TPSA) is 21.3 Å². The fourth-order valence-corrected chi connectivity index (χ4v) is 2.93. The number of nitrogens with one attached hydrogen (secondary N) is 1. The molecule has 106 valence electrons. The van der Waals surface area contributed by atoms with E-state index in [1.807, 2.05) is 7.05 Å². The van der Waals surface area contributed by atoms with Crippen molar-refractivity contribution in [1.29, 1.82) is 0 Å². The summed E-state index contributed by atoms with van der Waals surface area (Å²) in [5.41, 5.74) is 2.57. The molecule has 1 saturated carbocycles. The van der Waals surface area contributed by atoms with Crippen LogP contribution in [0.2, 0.25) is 0 Å². The first-order valence-corrected chi connectivity index (χ1v) is 7.54. The molecule has 0 aromatic heterocycles. The van der Waals surface area contributed by atoms with Gasteiger partial charge in [-0.25, -0.2) is 0 Å². The van der Waals surface area contributed by atoms with E-state index in [0.29, 0.717) is 12.1 Å². The molecule has 0 spiro atoms. The summed E-state index contributed by atoms with van der Waals surface area (Å²) in [5, 5.41) is 3.31.